The van der Waals surface area contributed by atoms with E-state index >= 15 is 0 Å². The number of carbonyl (C=O) groups excluding carboxylic acids is 1. The zero-order chi connectivity index (χ0) is 17.8. The predicted molar refractivity (Wildman–Crippen MR) is 94.8 cm³/mol. The van der Waals surface area contributed by atoms with Crippen molar-refractivity contribution in [2.45, 2.75) is 38.3 Å². The molecule has 0 aliphatic heterocycles. The van der Waals surface area contributed by atoms with Gasteiger partial charge in [-0.25, -0.2) is 9.18 Å². The van der Waals surface area contributed by atoms with Crippen molar-refractivity contribution in [2.24, 2.45) is 0 Å². The van der Waals surface area contributed by atoms with Crippen molar-refractivity contribution in [1.82, 2.24) is 10.6 Å². The molecule has 2 aromatic rings. The first-order valence-corrected chi connectivity index (χ1v) is 8.61. The topological polar surface area (TPSA) is 61.4 Å². The maximum Gasteiger partial charge on any atom is 0.315 e. The molecule has 2 amide bonds. The molecule has 1 aliphatic rings. The normalized spacial score (nSPS) is 17.5. The number of fused-ring (bicyclic) bond motifs is 1. The van der Waals surface area contributed by atoms with Crippen molar-refractivity contribution in [3.63, 3.8) is 0 Å². The van der Waals surface area contributed by atoms with Crippen LogP contribution in [0.25, 0.3) is 0 Å². The van der Waals surface area contributed by atoms with E-state index in [1.54, 1.807) is 12.1 Å². The minimum atomic E-state index is -1.08. The third-order valence-corrected chi connectivity index (χ3v) is 4.64. The Morgan fingerprint density at radius 2 is 2.12 bits per heavy atom. The number of amides is 2. The molecule has 2 atom stereocenters. The van der Waals surface area contributed by atoms with E-state index in [-0.39, 0.29) is 24.2 Å². The number of benzene rings is 2. The van der Waals surface area contributed by atoms with Crippen LogP contribution in [0.2, 0.25) is 0 Å². The molecule has 0 bridgehead atoms. The van der Waals surface area contributed by atoms with Crippen LogP contribution >= 0.6 is 0 Å². The number of nitrogens with one attached hydrogen (secondary N) is 2. The smallest absolute Gasteiger partial charge is 0.315 e. The molecule has 1 aliphatic carbocycles. The lowest BCUT2D eigenvalue weighted by Gasteiger charge is -2.27. The summed E-state index contributed by atoms with van der Waals surface area (Å²) in [6, 6.07) is 12.0. The van der Waals surface area contributed by atoms with Gasteiger partial charge in [-0.2, -0.15) is 0 Å². The number of hydrogen-bond donors (Lipinski definition) is 3. The van der Waals surface area contributed by atoms with E-state index in [9.17, 15) is 14.3 Å². The Hall–Kier alpha value is -2.40. The molecular weight excluding hydrogens is 319 g/mol. The molecule has 3 rings (SSSR count). The van der Waals surface area contributed by atoms with E-state index in [1.165, 1.54) is 23.3 Å². The number of carbonyl (C=O) groups is 1. The minimum Gasteiger partial charge on any atom is -0.386 e. The van der Waals surface area contributed by atoms with Crippen molar-refractivity contribution in [3.8, 4) is 0 Å². The van der Waals surface area contributed by atoms with Gasteiger partial charge >= 0.3 is 6.03 Å². The summed E-state index contributed by atoms with van der Waals surface area (Å²) in [6.07, 6.45) is 1.87. The van der Waals surface area contributed by atoms with Gasteiger partial charge in [-0.05, 0) is 43.4 Å². The molecule has 2 unspecified atom stereocenters. The highest BCUT2D eigenvalue weighted by molar-refractivity contribution is 5.74. The van der Waals surface area contributed by atoms with E-state index in [0.717, 1.165) is 24.8 Å². The summed E-state index contributed by atoms with van der Waals surface area (Å²) < 4.78 is 13.7. The van der Waals surface area contributed by atoms with Gasteiger partial charge in [0.05, 0.1) is 12.1 Å². The molecule has 0 heterocycles. The second-order valence-corrected chi connectivity index (χ2v) is 6.54. The number of urea groups is 1. The van der Waals surface area contributed by atoms with Crippen LogP contribution < -0.4 is 10.6 Å². The van der Waals surface area contributed by atoms with Gasteiger partial charge in [0.15, 0.2) is 0 Å². The van der Waals surface area contributed by atoms with Gasteiger partial charge in [-0.3, -0.25) is 0 Å². The third kappa shape index (κ3) is 4.17. The molecule has 0 saturated carbocycles. The van der Waals surface area contributed by atoms with Crippen LogP contribution in [0.4, 0.5) is 9.18 Å². The molecule has 0 saturated heterocycles. The van der Waals surface area contributed by atoms with E-state index in [2.05, 4.69) is 28.8 Å². The van der Waals surface area contributed by atoms with Gasteiger partial charge in [-0.15, -0.1) is 0 Å². The third-order valence-electron chi connectivity index (χ3n) is 4.64. The molecule has 132 valence electrons. The monoisotopic (exact) mass is 342 g/mol. The molecule has 2 aromatic carbocycles. The summed E-state index contributed by atoms with van der Waals surface area (Å²) in [5, 5.41) is 15.7. The highest BCUT2D eigenvalue weighted by Crippen LogP contribution is 2.30. The fraction of sp³-hybridized carbons (Fsp3) is 0.350. The van der Waals surface area contributed by atoms with Crippen LogP contribution in [0.15, 0.2) is 42.5 Å². The highest BCUT2D eigenvalue weighted by Gasteiger charge is 2.22. The Labute approximate surface area is 147 Å². The second kappa shape index (κ2) is 7.66. The van der Waals surface area contributed by atoms with Crippen LogP contribution in [0, 0.1) is 12.7 Å². The van der Waals surface area contributed by atoms with Gasteiger partial charge in [0.1, 0.15) is 5.82 Å². The first-order valence-electron chi connectivity index (χ1n) is 8.61. The molecule has 0 spiro atoms. The highest BCUT2D eigenvalue weighted by atomic mass is 19.1. The van der Waals surface area contributed by atoms with Crippen molar-refractivity contribution < 1.29 is 14.3 Å². The zero-order valence-corrected chi connectivity index (χ0v) is 14.3. The van der Waals surface area contributed by atoms with Crippen molar-refractivity contribution >= 4 is 6.03 Å². The van der Waals surface area contributed by atoms with E-state index < -0.39 is 11.9 Å². The first-order chi connectivity index (χ1) is 12.0. The zero-order valence-electron chi connectivity index (χ0n) is 14.3. The Bertz CT molecular complexity index is 763. The Morgan fingerprint density at radius 3 is 2.92 bits per heavy atom. The molecular formula is C20H23FN2O2. The summed E-state index contributed by atoms with van der Waals surface area (Å²) in [4.78, 5) is 12.2. The van der Waals surface area contributed by atoms with Crippen molar-refractivity contribution in [1.29, 1.82) is 0 Å². The average molecular weight is 342 g/mol. The predicted octanol–water partition coefficient (Wildman–Crippen LogP) is 3.54. The van der Waals surface area contributed by atoms with Gasteiger partial charge in [0, 0.05) is 12.1 Å². The lowest BCUT2D eigenvalue weighted by Crippen LogP contribution is -2.40. The summed E-state index contributed by atoms with van der Waals surface area (Å²) in [7, 11) is 0. The molecule has 0 radical (unpaired) electrons. The Kier molecular flexibility index (Phi) is 5.34. The lowest BCUT2D eigenvalue weighted by molar-refractivity contribution is 0.168. The number of aliphatic hydroxyl groups excluding tert-OH is 1. The van der Waals surface area contributed by atoms with Crippen LogP contribution in [-0.2, 0) is 6.42 Å². The molecule has 3 N–H and O–H groups in total. The number of aliphatic hydroxyl groups is 1. The van der Waals surface area contributed by atoms with E-state index in [0.29, 0.717) is 0 Å². The SMILES string of the molecule is Cc1ccc2c(c1)C(NC(=O)NCC(O)c1ccccc1F)CCC2. The second-order valence-electron chi connectivity index (χ2n) is 6.54. The van der Waals surface area contributed by atoms with Gasteiger partial charge in [0.25, 0.3) is 0 Å². The van der Waals surface area contributed by atoms with Gasteiger partial charge in [-0.1, -0.05) is 42.0 Å². The van der Waals surface area contributed by atoms with Crippen LogP contribution in [-0.4, -0.2) is 17.7 Å². The molecule has 0 fully saturated rings. The maximum absolute atomic E-state index is 13.7. The standard InChI is InChI=1S/C20H23FN2O2/c1-13-9-10-14-5-4-8-18(16(14)11-13)23-20(25)22-12-19(24)15-6-2-3-7-17(15)21/h2-3,6-7,9-11,18-19,24H,4-5,8,12H2,1H3,(H2,22,23,25). The number of rotatable bonds is 4. The van der Waals surface area contributed by atoms with E-state index in [1.807, 2.05) is 6.92 Å². The Morgan fingerprint density at radius 1 is 1.32 bits per heavy atom. The first kappa shape index (κ1) is 17.4. The van der Waals surface area contributed by atoms with Gasteiger partial charge < -0.3 is 15.7 Å². The number of halogens is 1. The average Bonchev–Trinajstić information content (AvgIpc) is 2.60. The quantitative estimate of drug-likeness (QED) is 0.796. The maximum atomic E-state index is 13.7. The summed E-state index contributed by atoms with van der Waals surface area (Å²) in [5.41, 5.74) is 3.79. The van der Waals surface area contributed by atoms with Crippen molar-refractivity contribution in [2.75, 3.05) is 6.54 Å². The summed E-state index contributed by atoms with van der Waals surface area (Å²) in [6.45, 7) is 2.00. The molecule has 4 nitrogen and oxygen atoms in total. The van der Waals surface area contributed by atoms with Crippen LogP contribution in [0.3, 0.4) is 0 Å². The summed E-state index contributed by atoms with van der Waals surface area (Å²) >= 11 is 0. The van der Waals surface area contributed by atoms with Crippen LogP contribution in [0.5, 0.6) is 0 Å². The number of aryl methyl sites for hydroxylation is 2. The molecule has 0 aromatic heterocycles. The summed E-state index contributed by atoms with van der Waals surface area (Å²) in [5.74, 6) is -0.478. The van der Waals surface area contributed by atoms with Gasteiger partial charge in [0.2, 0.25) is 0 Å². The number of hydrogen-bond acceptors (Lipinski definition) is 2. The lowest BCUT2D eigenvalue weighted by atomic mass is 9.87. The van der Waals surface area contributed by atoms with E-state index in [4.69, 9.17) is 0 Å². The fourth-order valence-electron chi connectivity index (χ4n) is 3.32. The van der Waals surface area contributed by atoms with Crippen molar-refractivity contribution in [3.05, 3.63) is 70.5 Å². The molecule has 25 heavy (non-hydrogen) atoms. The largest absolute Gasteiger partial charge is 0.386 e. The minimum absolute atomic E-state index is 0.0331. The fourth-order valence-corrected chi connectivity index (χ4v) is 3.32. The Balaban J connectivity index is 1.59. The molecule has 5 heteroatoms. The van der Waals surface area contributed by atoms with Crippen LogP contribution in [0.1, 0.15) is 47.2 Å².